The van der Waals surface area contributed by atoms with E-state index in [1.807, 2.05) is 0 Å². The SMILES string of the molecule is CCNC(=O)CN(CCN(CCN(CC(=O)O)C(NC(=O)c1ccc(-c2c3nc(c(-c4ccc(C(=O)NC(C(=O)O)N(CCN(CCN(CC(=O)O)CC(=O)NCC)CC(=O)O)CC(=O)O)cc4)c4ccc([nH]4)c(-c4ccc(C(=O)NC(C(=O)O)N(CCN(CCN(CC(=O)O)CC(=O)NCC)CC(=O)O)CC(=O)O)cc4)c4nc(c(-c5ccc(C(=O)O)cc5)c5ccc2[nH]5)C=C4)C=C3)cc1)C(=O)O)CC(=O)O)CC(=O)O. The number of carboxylic acids is 13. The van der Waals surface area contributed by atoms with Crippen LogP contribution in [-0.2, 0) is 71.9 Å². The molecule has 3 unspecified atom stereocenters. The quantitative estimate of drug-likeness (QED) is 0.0228. The van der Waals surface area contributed by atoms with Crippen LogP contribution >= 0.6 is 0 Å². The molecule has 21 N–H and O–H groups in total. The number of carbonyl (C=O) groups excluding carboxylic acids is 6. The number of H-pyrrole nitrogens is 2. The Morgan fingerprint density at radius 3 is 0.646 bits per heavy atom. The fourth-order valence-electron chi connectivity index (χ4n) is 16.2. The van der Waals surface area contributed by atoms with E-state index >= 15 is 0 Å². The van der Waals surface area contributed by atoms with Crippen LogP contribution in [0.4, 0.5) is 0 Å². The first-order valence-electron chi connectivity index (χ1n) is 45.6. The van der Waals surface area contributed by atoms with Crippen molar-refractivity contribution in [2.75, 3.05) is 177 Å². The molecular formula is C96H111N19O32. The summed E-state index contributed by atoms with van der Waals surface area (Å²) in [6.07, 6.45) is 0.199. The van der Waals surface area contributed by atoms with Gasteiger partial charge in [-0.1, -0.05) is 48.5 Å². The third-order valence-corrected chi connectivity index (χ3v) is 22.8. The summed E-state index contributed by atoms with van der Waals surface area (Å²) in [5.41, 5.74) is 3.81. The smallest absolute Gasteiger partial charge is 0.341 e. The van der Waals surface area contributed by atoms with Gasteiger partial charge in [0, 0.05) is 159 Å². The largest absolute Gasteiger partial charge is 0.480 e. The van der Waals surface area contributed by atoms with Crippen LogP contribution in [0.3, 0.4) is 0 Å². The topological polar surface area (TPSA) is 746 Å². The number of aromatic carboxylic acids is 1. The Bertz CT molecular complexity index is 6150. The minimum Gasteiger partial charge on any atom is -0.480 e. The van der Waals surface area contributed by atoms with E-state index in [4.69, 9.17) is 9.97 Å². The number of carboxylic acid groups (broad SMARTS) is 13. The maximum absolute atomic E-state index is 14.6. The van der Waals surface area contributed by atoms with Gasteiger partial charge in [0.15, 0.2) is 18.5 Å². The number of amides is 6. The molecule has 0 spiro atoms. The van der Waals surface area contributed by atoms with E-state index in [0.29, 0.717) is 44.4 Å². The van der Waals surface area contributed by atoms with Gasteiger partial charge in [0.25, 0.3) is 17.7 Å². The number of aromatic nitrogens is 4. The summed E-state index contributed by atoms with van der Waals surface area (Å²) in [6, 6.07) is 29.1. The monoisotopic (exact) mass is 2040 g/mol. The van der Waals surface area contributed by atoms with Gasteiger partial charge in [-0.15, -0.1) is 0 Å². The van der Waals surface area contributed by atoms with Crippen molar-refractivity contribution in [2.45, 2.75) is 39.3 Å². The summed E-state index contributed by atoms with van der Waals surface area (Å²) in [7, 11) is 0. The lowest BCUT2D eigenvalue weighted by Crippen LogP contribution is -2.56. The lowest BCUT2D eigenvalue weighted by atomic mass is 10.0. The molecule has 0 aliphatic carbocycles. The van der Waals surface area contributed by atoms with Crippen molar-refractivity contribution in [1.82, 2.24) is 95.9 Å². The first kappa shape index (κ1) is 114. The fraction of sp³-hybridized carbons (Fsp3) is 0.344. The van der Waals surface area contributed by atoms with E-state index < -0.39 is 230 Å². The van der Waals surface area contributed by atoms with Gasteiger partial charge in [0.05, 0.1) is 107 Å². The molecule has 51 nitrogen and oxygen atoms in total. The molecule has 0 saturated heterocycles. The molecule has 0 saturated carbocycles. The van der Waals surface area contributed by atoms with E-state index in [0.717, 1.165) is 14.7 Å². The summed E-state index contributed by atoms with van der Waals surface area (Å²) in [4.78, 5) is 270. The zero-order chi connectivity index (χ0) is 108. The van der Waals surface area contributed by atoms with Gasteiger partial charge in [-0.05, 0) is 140 Å². The summed E-state index contributed by atoms with van der Waals surface area (Å²) in [5.74, 6) is -24.0. The van der Waals surface area contributed by atoms with Crippen molar-refractivity contribution in [3.63, 3.8) is 0 Å². The van der Waals surface area contributed by atoms with E-state index in [9.17, 15) is 157 Å². The third kappa shape index (κ3) is 34.4. The van der Waals surface area contributed by atoms with Gasteiger partial charge >= 0.3 is 77.6 Å². The van der Waals surface area contributed by atoms with Gasteiger partial charge in [-0.2, -0.15) is 0 Å². The Morgan fingerprint density at radius 2 is 0.449 bits per heavy atom. The average molecular weight is 2040 g/mol. The van der Waals surface area contributed by atoms with Crippen LogP contribution in [0, 0.1) is 0 Å². The van der Waals surface area contributed by atoms with Gasteiger partial charge in [-0.25, -0.2) is 29.1 Å². The third-order valence-electron chi connectivity index (χ3n) is 22.8. The fourth-order valence-corrected chi connectivity index (χ4v) is 16.2. The average Bonchev–Trinajstić information content (AvgIpc) is 1.61. The zero-order valence-electron chi connectivity index (χ0n) is 79.7. The van der Waals surface area contributed by atoms with Crippen LogP contribution < -0.4 is 31.9 Å². The first-order chi connectivity index (χ1) is 69.9. The number of aromatic amines is 2. The highest BCUT2D eigenvalue weighted by molar-refractivity contribution is 6.04. The van der Waals surface area contributed by atoms with E-state index in [1.54, 1.807) is 69.3 Å². The second-order valence-electron chi connectivity index (χ2n) is 33.5. The zero-order valence-corrected chi connectivity index (χ0v) is 79.7. The number of nitrogens with one attached hydrogen (secondary N) is 8. The van der Waals surface area contributed by atoms with E-state index in [1.165, 1.54) is 126 Å². The van der Waals surface area contributed by atoms with Crippen molar-refractivity contribution in [3.8, 4) is 44.5 Å². The van der Waals surface area contributed by atoms with Gasteiger partial charge in [0.1, 0.15) is 0 Å². The van der Waals surface area contributed by atoms with Crippen LogP contribution in [0.5, 0.6) is 0 Å². The predicted molar refractivity (Wildman–Crippen MR) is 522 cm³/mol. The summed E-state index contributed by atoms with van der Waals surface area (Å²) < 4.78 is 0. The molecule has 9 rings (SSSR count). The van der Waals surface area contributed by atoms with Gasteiger partial charge in [-0.3, -0.25) is 116 Å². The Hall–Kier alpha value is -17.0. The van der Waals surface area contributed by atoms with Crippen molar-refractivity contribution < 1.29 is 157 Å². The molecule has 6 amide bonds. The molecule has 2 aliphatic rings. The van der Waals surface area contributed by atoms with Gasteiger partial charge in [0.2, 0.25) is 17.7 Å². The number of nitrogens with zero attached hydrogens (tertiary/aromatic N) is 11. The number of hydrogen-bond donors (Lipinski definition) is 21. The van der Waals surface area contributed by atoms with Crippen LogP contribution in [0.15, 0.2) is 121 Å². The number of carbonyl (C=O) groups is 19. The molecule has 51 heteroatoms. The molecule has 0 radical (unpaired) electrons. The number of likely N-dealkylation sites (N-methyl/N-ethyl adjacent to an activating group) is 3. The molecule has 7 aromatic rings. The van der Waals surface area contributed by atoms with Crippen molar-refractivity contribution in [1.29, 1.82) is 0 Å². The molecule has 147 heavy (non-hydrogen) atoms. The Morgan fingerprint density at radius 1 is 0.252 bits per heavy atom. The molecule has 3 aromatic heterocycles. The van der Waals surface area contributed by atoms with Crippen molar-refractivity contribution >= 4 is 159 Å². The first-order valence-corrected chi connectivity index (χ1v) is 45.6. The molecule has 8 bridgehead atoms. The summed E-state index contributed by atoms with van der Waals surface area (Å²) in [5, 5.41) is 146. The number of aliphatic carboxylic acids is 12. The number of hydrogen-bond acceptors (Lipinski definition) is 30. The standard InChI is InChI=1S/C96H111N19O32/c1-4-97-71(116)43-110(49-77(125)126)34-31-107(46-74(119)120)37-40-113(52-80(131)132)87(94(142)143)104-90(137)59-15-7-55(8-16-59)83-63-23-25-65(100-63)84(56-9-17-60(18-10-56)91(138)105-88(95(144)145)114(53-81(133)134)41-38-108(47-75(121)122)32-35-111(50-78(127)128)44-72(117)98-5-2)67-27-29-69(102-67)86(58-13-21-62(22-14-58)93(140)141)70-30-28-68(103-70)85(66-26-24-64(83)101-66)57-11-19-61(20-12-57)92(139)106-89(96(146)147)115(54-82(135)136)42-39-109(48-76(123)124)33-36-112(51-79(129)130)45-73(118)99-6-3/h7-30,87-89,100,103H,4-6,31-54H2,1-3H3,(H,97,116)(H,98,117)(H,99,118)(H,104,137)(H,105,138)(H,106,139)(H,119,120)(H,121,122)(H,123,124)(H,125,126)(H,127,128)(H,129,130)(H,131,132)(H,133,134)(H,135,136)(H,140,141)(H,142,143)(H,144,145)(H,146,147). The summed E-state index contributed by atoms with van der Waals surface area (Å²) >= 11 is 0. The highest BCUT2D eigenvalue weighted by Gasteiger charge is 2.36. The Labute approximate surface area is 836 Å². The number of benzene rings is 4. The molecule has 0 fully saturated rings. The molecule has 782 valence electrons. The maximum Gasteiger partial charge on any atom is 0.341 e. The van der Waals surface area contributed by atoms with Crippen molar-refractivity contribution in [2.24, 2.45) is 0 Å². The van der Waals surface area contributed by atoms with E-state index in [2.05, 4.69) is 41.9 Å². The molecule has 4 aromatic carbocycles. The molecule has 2 aliphatic heterocycles. The highest BCUT2D eigenvalue weighted by atomic mass is 16.4. The molecular weight excluding hydrogens is 1930 g/mol. The van der Waals surface area contributed by atoms with Crippen LogP contribution in [0.1, 0.15) is 85.0 Å². The Balaban J connectivity index is 1.18. The minimum atomic E-state index is -2.12. The number of rotatable bonds is 62. The molecule has 3 atom stereocenters. The summed E-state index contributed by atoms with van der Waals surface area (Å²) in [6.45, 7) is -6.61. The van der Waals surface area contributed by atoms with Gasteiger partial charge < -0.3 is 108 Å². The van der Waals surface area contributed by atoms with Crippen LogP contribution in [0.25, 0.3) is 90.9 Å². The predicted octanol–water partition coefficient (Wildman–Crippen LogP) is 0.331. The molecule has 5 heterocycles. The van der Waals surface area contributed by atoms with E-state index in [-0.39, 0.29) is 146 Å². The lowest BCUT2D eigenvalue weighted by molar-refractivity contribution is -0.149. The van der Waals surface area contributed by atoms with Crippen LogP contribution in [0.2, 0.25) is 0 Å². The lowest BCUT2D eigenvalue weighted by Gasteiger charge is -2.31. The second-order valence-corrected chi connectivity index (χ2v) is 33.5. The normalized spacial score (nSPS) is 12.3. The number of fused-ring (bicyclic) bond motifs is 8. The maximum atomic E-state index is 14.6. The van der Waals surface area contributed by atoms with Crippen molar-refractivity contribution in [3.05, 3.63) is 166 Å². The second kappa shape index (κ2) is 54.5. The Kier molecular flexibility index (Phi) is 42.1. The highest BCUT2D eigenvalue weighted by Crippen LogP contribution is 2.39. The minimum absolute atomic E-state index is 0.0968. The van der Waals surface area contributed by atoms with Crippen LogP contribution in [-0.4, -0.2) is 439 Å².